The van der Waals surface area contributed by atoms with E-state index in [9.17, 15) is 14.0 Å². The summed E-state index contributed by atoms with van der Waals surface area (Å²) in [6, 6.07) is 17.3. The van der Waals surface area contributed by atoms with Crippen LogP contribution in [0.1, 0.15) is 28.1 Å². The van der Waals surface area contributed by atoms with Gasteiger partial charge in [0.1, 0.15) is 5.82 Å². The first-order valence-electron chi connectivity index (χ1n) is 9.12. The van der Waals surface area contributed by atoms with E-state index in [1.54, 1.807) is 18.2 Å². The zero-order valence-electron chi connectivity index (χ0n) is 15.1. The SMILES string of the molecule is O=C(NCc1cccc(NC(=O)C2CC2)c1)c1ccc(-c2ccc(F)cc2)s1. The normalized spacial score (nSPS) is 13.2. The summed E-state index contributed by atoms with van der Waals surface area (Å²) in [5.74, 6) is -0.231. The molecule has 28 heavy (non-hydrogen) atoms. The molecule has 0 unspecified atom stereocenters. The summed E-state index contributed by atoms with van der Waals surface area (Å²) in [6.07, 6.45) is 1.92. The van der Waals surface area contributed by atoms with E-state index >= 15 is 0 Å². The van der Waals surface area contributed by atoms with E-state index in [1.165, 1.54) is 23.5 Å². The maximum atomic E-state index is 13.1. The quantitative estimate of drug-likeness (QED) is 0.629. The summed E-state index contributed by atoms with van der Waals surface area (Å²) in [6.45, 7) is 0.371. The van der Waals surface area contributed by atoms with Crippen molar-refractivity contribution in [1.29, 1.82) is 0 Å². The molecule has 2 N–H and O–H groups in total. The second-order valence-corrected chi connectivity index (χ2v) is 7.90. The molecule has 0 atom stereocenters. The van der Waals surface area contributed by atoms with Crippen LogP contribution in [-0.4, -0.2) is 11.8 Å². The van der Waals surface area contributed by atoms with E-state index in [0.29, 0.717) is 11.4 Å². The highest BCUT2D eigenvalue weighted by Gasteiger charge is 2.29. The molecule has 4 rings (SSSR count). The van der Waals surface area contributed by atoms with Crippen molar-refractivity contribution in [2.24, 2.45) is 5.92 Å². The van der Waals surface area contributed by atoms with Crippen LogP contribution in [0.5, 0.6) is 0 Å². The summed E-state index contributed by atoms with van der Waals surface area (Å²) < 4.78 is 13.1. The molecule has 6 heteroatoms. The lowest BCUT2D eigenvalue weighted by atomic mass is 10.2. The Bertz CT molecular complexity index is 1010. The molecule has 3 aromatic rings. The van der Waals surface area contributed by atoms with Gasteiger partial charge in [-0.2, -0.15) is 0 Å². The van der Waals surface area contributed by atoms with Crippen LogP contribution in [-0.2, 0) is 11.3 Å². The van der Waals surface area contributed by atoms with Gasteiger partial charge < -0.3 is 10.6 Å². The molecule has 1 aromatic heterocycles. The number of benzene rings is 2. The molecule has 1 aliphatic carbocycles. The molecule has 4 nitrogen and oxygen atoms in total. The Balaban J connectivity index is 1.36. The summed E-state index contributed by atoms with van der Waals surface area (Å²) in [5, 5.41) is 5.82. The van der Waals surface area contributed by atoms with Crippen molar-refractivity contribution < 1.29 is 14.0 Å². The summed E-state index contributed by atoms with van der Waals surface area (Å²) in [4.78, 5) is 25.8. The van der Waals surface area contributed by atoms with Crippen LogP contribution in [0.25, 0.3) is 10.4 Å². The second-order valence-electron chi connectivity index (χ2n) is 6.82. The number of anilines is 1. The monoisotopic (exact) mass is 394 g/mol. The highest BCUT2D eigenvalue weighted by molar-refractivity contribution is 7.17. The van der Waals surface area contributed by atoms with Gasteiger partial charge in [0, 0.05) is 23.0 Å². The van der Waals surface area contributed by atoms with E-state index < -0.39 is 0 Å². The fourth-order valence-electron chi connectivity index (χ4n) is 2.85. The van der Waals surface area contributed by atoms with Crippen LogP contribution in [0.15, 0.2) is 60.7 Å². The van der Waals surface area contributed by atoms with Gasteiger partial charge in [0.2, 0.25) is 5.91 Å². The number of amides is 2. The van der Waals surface area contributed by atoms with E-state index in [0.717, 1.165) is 34.5 Å². The molecule has 1 fully saturated rings. The zero-order valence-corrected chi connectivity index (χ0v) is 15.9. The molecule has 1 aliphatic rings. The Morgan fingerprint density at radius 2 is 1.82 bits per heavy atom. The molecule has 0 bridgehead atoms. The molecular weight excluding hydrogens is 375 g/mol. The third-order valence-corrected chi connectivity index (χ3v) is 5.69. The lowest BCUT2D eigenvalue weighted by Crippen LogP contribution is -2.22. The summed E-state index contributed by atoms with van der Waals surface area (Å²) >= 11 is 1.37. The predicted molar refractivity (Wildman–Crippen MR) is 109 cm³/mol. The minimum Gasteiger partial charge on any atom is -0.347 e. The Morgan fingerprint density at radius 1 is 1.04 bits per heavy atom. The smallest absolute Gasteiger partial charge is 0.261 e. The summed E-state index contributed by atoms with van der Waals surface area (Å²) in [5.41, 5.74) is 2.54. The van der Waals surface area contributed by atoms with Crippen molar-refractivity contribution in [2.45, 2.75) is 19.4 Å². The van der Waals surface area contributed by atoms with Crippen molar-refractivity contribution in [3.8, 4) is 10.4 Å². The summed E-state index contributed by atoms with van der Waals surface area (Å²) in [7, 11) is 0. The molecule has 142 valence electrons. The van der Waals surface area contributed by atoms with Crippen molar-refractivity contribution in [3.05, 3.63) is 76.9 Å². The lowest BCUT2D eigenvalue weighted by Gasteiger charge is -2.08. The van der Waals surface area contributed by atoms with Crippen molar-refractivity contribution in [1.82, 2.24) is 5.32 Å². The molecule has 0 aliphatic heterocycles. The predicted octanol–water partition coefficient (Wildman–Crippen LogP) is 4.83. The maximum Gasteiger partial charge on any atom is 0.261 e. The number of halogens is 1. The first-order chi connectivity index (χ1) is 13.6. The number of nitrogens with one attached hydrogen (secondary N) is 2. The van der Waals surface area contributed by atoms with Crippen molar-refractivity contribution >= 4 is 28.8 Å². The fourth-order valence-corrected chi connectivity index (χ4v) is 3.78. The third-order valence-electron chi connectivity index (χ3n) is 4.55. The molecule has 2 amide bonds. The fraction of sp³-hybridized carbons (Fsp3) is 0.182. The lowest BCUT2D eigenvalue weighted by molar-refractivity contribution is -0.117. The number of hydrogen-bond acceptors (Lipinski definition) is 3. The largest absolute Gasteiger partial charge is 0.347 e. The Labute approximate surface area is 166 Å². The number of rotatable bonds is 6. The van der Waals surface area contributed by atoms with Gasteiger partial charge in [0.25, 0.3) is 5.91 Å². The van der Waals surface area contributed by atoms with Crippen LogP contribution in [0.3, 0.4) is 0 Å². The maximum absolute atomic E-state index is 13.1. The Kier molecular flexibility index (Phi) is 5.21. The van der Waals surface area contributed by atoms with Crippen LogP contribution in [0, 0.1) is 11.7 Å². The molecular formula is C22H19FN2O2S. The van der Waals surface area contributed by atoms with Crippen molar-refractivity contribution in [2.75, 3.05) is 5.32 Å². The average Bonchev–Trinajstić information content (AvgIpc) is 3.44. The molecule has 1 heterocycles. The van der Waals surface area contributed by atoms with Crippen LogP contribution >= 0.6 is 11.3 Å². The number of hydrogen-bond donors (Lipinski definition) is 2. The number of carbonyl (C=O) groups excluding carboxylic acids is 2. The van der Waals surface area contributed by atoms with Crippen LogP contribution < -0.4 is 10.6 Å². The highest BCUT2D eigenvalue weighted by atomic mass is 32.1. The molecule has 0 saturated heterocycles. The second kappa shape index (κ2) is 7.94. The standard InChI is InChI=1S/C22H19FN2O2S/c23-17-8-6-15(7-9-17)19-10-11-20(28-19)22(27)24-13-14-2-1-3-18(12-14)25-21(26)16-4-5-16/h1-3,6-12,16H,4-5,13H2,(H,24,27)(H,25,26). The topological polar surface area (TPSA) is 58.2 Å². The third kappa shape index (κ3) is 4.46. The molecule has 0 radical (unpaired) electrons. The van der Waals surface area contributed by atoms with Gasteiger partial charge in [0.05, 0.1) is 4.88 Å². The Morgan fingerprint density at radius 3 is 2.57 bits per heavy atom. The van der Waals surface area contributed by atoms with Gasteiger partial charge in [-0.1, -0.05) is 24.3 Å². The minimum atomic E-state index is -0.283. The average molecular weight is 394 g/mol. The van der Waals surface area contributed by atoms with E-state index in [-0.39, 0.29) is 23.5 Å². The first kappa shape index (κ1) is 18.4. The number of carbonyl (C=O) groups is 2. The van der Waals surface area contributed by atoms with Gasteiger partial charge in [-0.05, 0) is 60.4 Å². The van der Waals surface area contributed by atoms with Gasteiger partial charge in [-0.15, -0.1) is 11.3 Å². The molecule has 1 saturated carbocycles. The molecule has 2 aromatic carbocycles. The van der Waals surface area contributed by atoms with Crippen LogP contribution in [0.2, 0.25) is 0 Å². The van der Waals surface area contributed by atoms with E-state index in [4.69, 9.17) is 0 Å². The van der Waals surface area contributed by atoms with Crippen molar-refractivity contribution in [3.63, 3.8) is 0 Å². The minimum absolute atomic E-state index is 0.0630. The number of thiophene rings is 1. The van der Waals surface area contributed by atoms with E-state index in [2.05, 4.69) is 10.6 Å². The van der Waals surface area contributed by atoms with Crippen LogP contribution in [0.4, 0.5) is 10.1 Å². The van der Waals surface area contributed by atoms with Gasteiger partial charge in [0.15, 0.2) is 0 Å². The van der Waals surface area contributed by atoms with Gasteiger partial charge >= 0.3 is 0 Å². The van der Waals surface area contributed by atoms with Gasteiger partial charge in [-0.25, -0.2) is 4.39 Å². The van der Waals surface area contributed by atoms with E-state index in [1.807, 2.05) is 30.3 Å². The molecule has 0 spiro atoms. The zero-order chi connectivity index (χ0) is 19.5. The highest BCUT2D eigenvalue weighted by Crippen LogP contribution is 2.30. The van der Waals surface area contributed by atoms with Gasteiger partial charge in [-0.3, -0.25) is 9.59 Å². The first-order valence-corrected chi connectivity index (χ1v) is 9.94. The Hall–Kier alpha value is -2.99.